The van der Waals surface area contributed by atoms with Crippen LogP contribution in [0.15, 0.2) is 0 Å². The largest absolute Gasteiger partial charge is 0.479 e. The first-order chi connectivity index (χ1) is 10.3. The highest BCUT2D eigenvalue weighted by Gasteiger charge is 2.40. The van der Waals surface area contributed by atoms with E-state index in [2.05, 4.69) is 6.92 Å². The first kappa shape index (κ1) is 21.3. The summed E-state index contributed by atoms with van der Waals surface area (Å²) in [5.41, 5.74) is -1.86. The number of unbranched alkanes of at least 4 members (excludes halogenated alkanes) is 2. The molecule has 22 heavy (non-hydrogen) atoms. The van der Waals surface area contributed by atoms with Crippen molar-refractivity contribution in [1.82, 2.24) is 0 Å². The summed E-state index contributed by atoms with van der Waals surface area (Å²) in [6.45, 7) is 10.4. The lowest BCUT2D eigenvalue weighted by molar-refractivity contribution is -0.398. The van der Waals surface area contributed by atoms with Crippen molar-refractivity contribution in [3.8, 4) is 0 Å². The lowest BCUT2D eigenvalue weighted by atomic mass is 9.94. The topological polar surface area (TPSA) is 74.2 Å². The van der Waals surface area contributed by atoms with Gasteiger partial charge in [0.2, 0.25) is 0 Å². The Morgan fingerprint density at radius 2 is 1.55 bits per heavy atom. The molecule has 0 aliphatic rings. The molecule has 0 aromatic heterocycles. The molecule has 1 N–H and O–H groups in total. The Bertz CT molecular complexity index is 300. The number of carboxylic acid groups (broad SMARTS) is 1. The summed E-state index contributed by atoms with van der Waals surface area (Å²) in [6, 6.07) is 0. The van der Waals surface area contributed by atoms with Gasteiger partial charge in [-0.25, -0.2) is 24.3 Å². The van der Waals surface area contributed by atoms with Gasteiger partial charge in [0.05, 0.1) is 18.8 Å². The maximum atomic E-state index is 11.5. The molecule has 0 rings (SSSR count). The van der Waals surface area contributed by atoms with Crippen LogP contribution in [0.5, 0.6) is 0 Å². The molecule has 1 atom stereocenters. The van der Waals surface area contributed by atoms with Gasteiger partial charge in [0, 0.05) is 0 Å². The van der Waals surface area contributed by atoms with Crippen LogP contribution in [0.2, 0.25) is 0 Å². The summed E-state index contributed by atoms with van der Waals surface area (Å²) in [5.74, 6) is -1.00. The molecule has 0 bridgehead atoms. The van der Waals surface area contributed by atoms with Gasteiger partial charge in [-0.3, -0.25) is 0 Å². The summed E-state index contributed by atoms with van der Waals surface area (Å²) >= 11 is 0. The average Bonchev–Trinajstić information content (AvgIpc) is 2.44. The van der Waals surface area contributed by atoms with Crippen LogP contribution >= 0.6 is 0 Å². The van der Waals surface area contributed by atoms with Crippen LogP contribution in [0.1, 0.15) is 73.1 Å². The van der Waals surface area contributed by atoms with Crippen molar-refractivity contribution in [3.63, 3.8) is 0 Å². The van der Waals surface area contributed by atoms with Gasteiger partial charge in [0.1, 0.15) is 0 Å². The fourth-order valence-corrected chi connectivity index (χ4v) is 1.67. The monoisotopic (exact) mass is 320 g/mol. The van der Waals surface area contributed by atoms with Gasteiger partial charge >= 0.3 is 5.97 Å². The predicted octanol–water partition coefficient (Wildman–Crippen LogP) is 3.89. The summed E-state index contributed by atoms with van der Waals surface area (Å²) in [4.78, 5) is 32.1. The molecule has 132 valence electrons. The van der Waals surface area contributed by atoms with Crippen LogP contribution in [0.25, 0.3) is 0 Å². The first-order valence-electron chi connectivity index (χ1n) is 8.12. The van der Waals surface area contributed by atoms with Crippen LogP contribution in [-0.4, -0.2) is 35.5 Å². The molecule has 1 unspecified atom stereocenters. The van der Waals surface area contributed by atoms with E-state index in [1.807, 2.05) is 20.8 Å². The molecule has 0 saturated carbocycles. The lowest BCUT2D eigenvalue weighted by Gasteiger charge is -2.30. The maximum Gasteiger partial charge on any atom is 0.339 e. The first-order valence-corrected chi connectivity index (χ1v) is 8.12. The van der Waals surface area contributed by atoms with E-state index in [1.165, 1.54) is 0 Å². The quantitative estimate of drug-likeness (QED) is 0.315. The van der Waals surface area contributed by atoms with Crippen molar-refractivity contribution in [3.05, 3.63) is 0 Å². The lowest BCUT2D eigenvalue weighted by Crippen LogP contribution is -2.43. The molecular formula is C16H32O6. The minimum absolute atomic E-state index is 0.340. The second-order valence-electron chi connectivity index (χ2n) is 6.39. The van der Waals surface area contributed by atoms with Gasteiger partial charge < -0.3 is 5.11 Å². The van der Waals surface area contributed by atoms with E-state index < -0.39 is 17.2 Å². The highest BCUT2D eigenvalue weighted by atomic mass is 17.2. The highest BCUT2D eigenvalue weighted by Crippen LogP contribution is 2.26. The Kier molecular flexibility index (Phi) is 10.6. The Morgan fingerprint density at radius 1 is 0.955 bits per heavy atom. The van der Waals surface area contributed by atoms with Crippen LogP contribution in [0.3, 0.4) is 0 Å². The highest BCUT2D eigenvalue weighted by molar-refractivity contribution is 5.77. The van der Waals surface area contributed by atoms with Crippen LogP contribution in [0.4, 0.5) is 0 Å². The average molecular weight is 320 g/mol. The minimum atomic E-state index is -1.31. The summed E-state index contributed by atoms with van der Waals surface area (Å²) < 4.78 is 0. The molecule has 0 aromatic rings. The normalized spacial score (nSPS) is 14.8. The Hall–Kier alpha value is -0.690. The number of hydrogen-bond donors (Lipinski definition) is 1. The molecule has 0 heterocycles. The second kappa shape index (κ2) is 10.9. The number of aliphatic carboxylic acids is 1. The number of carbonyl (C=O) groups is 1. The van der Waals surface area contributed by atoms with E-state index in [0.29, 0.717) is 38.9 Å². The van der Waals surface area contributed by atoms with Crippen molar-refractivity contribution in [2.75, 3.05) is 13.2 Å². The van der Waals surface area contributed by atoms with E-state index >= 15 is 0 Å². The van der Waals surface area contributed by atoms with Crippen molar-refractivity contribution in [2.45, 2.75) is 84.3 Å². The second-order valence-corrected chi connectivity index (χ2v) is 6.39. The van der Waals surface area contributed by atoms with Crippen LogP contribution in [-0.2, 0) is 24.3 Å². The summed E-state index contributed by atoms with van der Waals surface area (Å²) in [5, 5.41) is 9.46. The van der Waals surface area contributed by atoms with Gasteiger partial charge in [-0.2, -0.15) is 0 Å². The van der Waals surface area contributed by atoms with E-state index in [9.17, 15) is 9.90 Å². The Labute approximate surface area is 133 Å². The molecule has 0 aliphatic carbocycles. The number of carboxylic acids is 1. The fourth-order valence-electron chi connectivity index (χ4n) is 1.67. The fraction of sp³-hybridized carbons (Fsp3) is 0.938. The van der Waals surface area contributed by atoms with Gasteiger partial charge in [-0.15, -0.1) is 0 Å². The molecule has 0 fully saturated rings. The standard InChI is InChI=1S/C16H32O6/c1-6-8-12-19-20-13-10-9-11-16(7-2,14(17)18)22-21-15(3,4)5/h6-13H2,1-5H3,(H,17,18). The van der Waals surface area contributed by atoms with Crippen molar-refractivity contribution in [1.29, 1.82) is 0 Å². The van der Waals surface area contributed by atoms with Crippen LogP contribution in [0, 0.1) is 0 Å². The van der Waals surface area contributed by atoms with Crippen LogP contribution < -0.4 is 0 Å². The van der Waals surface area contributed by atoms with E-state index in [-0.39, 0.29) is 0 Å². The molecule has 6 heteroatoms. The van der Waals surface area contributed by atoms with Gasteiger partial charge in [0.15, 0.2) is 5.60 Å². The third kappa shape index (κ3) is 9.35. The predicted molar refractivity (Wildman–Crippen MR) is 83.2 cm³/mol. The molecule has 0 radical (unpaired) electrons. The van der Waals surface area contributed by atoms with E-state index in [1.54, 1.807) is 6.92 Å². The van der Waals surface area contributed by atoms with Crippen molar-refractivity contribution < 1.29 is 29.5 Å². The van der Waals surface area contributed by atoms with Gasteiger partial charge in [0.25, 0.3) is 0 Å². The zero-order valence-electron chi connectivity index (χ0n) is 14.6. The molecule has 6 nitrogen and oxygen atoms in total. The molecule has 0 amide bonds. The maximum absolute atomic E-state index is 11.5. The summed E-state index contributed by atoms with van der Waals surface area (Å²) in [6.07, 6.45) is 4.10. The molecule has 0 spiro atoms. The zero-order chi connectivity index (χ0) is 17.1. The van der Waals surface area contributed by atoms with E-state index in [4.69, 9.17) is 19.6 Å². The van der Waals surface area contributed by atoms with E-state index in [0.717, 1.165) is 12.8 Å². The number of rotatable bonds is 13. The third-order valence-electron chi connectivity index (χ3n) is 3.13. The Morgan fingerprint density at radius 3 is 2.00 bits per heavy atom. The molecule has 0 aromatic carbocycles. The molecule has 0 saturated heterocycles. The molecule has 0 aliphatic heterocycles. The number of hydrogen-bond acceptors (Lipinski definition) is 5. The zero-order valence-corrected chi connectivity index (χ0v) is 14.6. The summed E-state index contributed by atoms with van der Waals surface area (Å²) in [7, 11) is 0. The molecular weight excluding hydrogens is 288 g/mol. The van der Waals surface area contributed by atoms with Crippen molar-refractivity contribution in [2.24, 2.45) is 0 Å². The van der Waals surface area contributed by atoms with Gasteiger partial charge in [-0.05, 0) is 52.9 Å². The van der Waals surface area contributed by atoms with Gasteiger partial charge in [-0.1, -0.05) is 20.3 Å². The van der Waals surface area contributed by atoms with Crippen molar-refractivity contribution >= 4 is 5.97 Å². The Balaban J connectivity index is 4.12. The minimum Gasteiger partial charge on any atom is -0.479 e. The smallest absolute Gasteiger partial charge is 0.339 e. The third-order valence-corrected chi connectivity index (χ3v) is 3.13. The SMILES string of the molecule is CCCCOOCCCCC(CC)(OOC(C)(C)C)C(=O)O.